The Labute approximate surface area is 97.1 Å². The Morgan fingerprint density at radius 1 is 1.40 bits per heavy atom. The second kappa shape index (κ2) is 4.18. The van der Waals surface area contributed by atoms with Crippen molar-refractivity contribution in [3.8, 4) is 0 Å². The molecule has 2 rings (SSSR count). The van der Waals surface area contributed by atoms with E-state index in [-0.39, 0.29) is 0 Å². The van der Waals surface area contributed by atoms with Crippen molar-refractivity contribution in [3.63, 3.8) is 0 Å². The first-order chi connectivity index (χ1) is 7.26. The number of imidazole rings is 1. The minimum absolute atomic E-state index is 0.829. The molecular formula is C10H13BrN4. The Kier molecular flexibility index (Phi) is 2.90. The number of aromatic nitrogens is 3. The molecule has 2 aromatic heterocycles. The van der Waals surface area contributed by atoms with Gasteiger partial charge in [-0.05, 0) is 29.8 Å². The summed E-state index contributed by atoms with van der Waals surface area (Å²) in [7, 11) is 0. The van der Waals surface area contributed by atoms with Crippen molar-refractivity contribution in [3.05, 3.63) is 23.2 Å². The first-order valence-corrected chi connectivity index (χ1v) is 5.79. The summed E-state index contributed by atoms with van der Waals surface area (Å²) < 4.78 is 2.81. The van der Waals surface area contributed by atoms with Crippen LogP contribution in [0.4, 0.5) is 5.82 Å². The minimum Gasteiger partial charge on any atom is -0.354 e. The van der Waals surface area contributed by atoms with Gasteiger partial charge in [-0.25, -0.2) is 9.97 Å². The van der Waals surface area contributed by atoms with Crippen LogP contribution in [0.25, 0.3) is 5.65 Å². The third-order valence-electron chi connectivity index (χ3n) is 2.39. The van der Waals surface area contributed by atoms with Crippen molar-refractivity contribution in [1.82, 2.24) is 14.4 Å². The van der Waals surface area contributed by atoms with E-state index in [0.717, 1.165) is 29.2 Å². The van der Waals surface area contributed by atoms with Crippen LogP contribution in [0.3, 0.4) is 0 Å². The summed E-state index contributed by atoms with van der Waals surface area (Å²) in [5.41, 5.74) is 0.905. The lowest BCUT2D eigenvalue weighted by molar-refractivity contribution is 0.840. The summed E-state index contributed by atoms with van der Waals surface area (Å²) in [5, 5.41) is 0. The maximum Gasteiger partial charge on any atom is 0.180 e. The molecule has 0 radical (unpaired) electrons. The number of hydrogen-bond acceptors (Lipinski definition) is 3. The van der Waals surface area contributed by atoms with Crippen LogP contribution >= 0.6 is 15.9 Å². The molecule has 2 aromatic rings. The smallest absolute Gasteiger partial charge is 0.180 e. The van der Waals surface area contributed by atoms with Gasteiger partial charge < -0.3 is 9.30 Å². The van der Waals surface area contributed by atoms with Gasteiger partial charge in [0, 0.05) is 31.7 Å². The van der Waals surface area contributed by atoms with E-state index < -0.39 is 0 Å². The Balaban J connectivity index is 2.61. The second-order valence-corrected chi connectivity index (χ2v) is 4.03. The van der Waals surface area contributed by atoms with Gasteiger partial charge in [-0.2, -0.15) is 0 Å². The van der Waals surface area contributed by atoms with E-state index >= 15 is 0 Å². The van der Waals surface area contributed by atoms with Gasteiger partial charge >= 0.3 is 0 Å². The topological polar surface area (TPSA) is 33.4 Å². The van der Waals surface area contributed by atoms with E-state index in [9.17, 15) is 0 Å². The summed E-state index contributed by atoms with van der Waals surface area (Å²) in [6.07, 6.45) is 5.63. The average molecular weight is 269 g/mol. The molecule has 0 saturated carbocycles. The molecule has 0 saturated heterocycles. The maximum atomic E-state index is 4.47. The van der Waals surface area contributed by atoms with Crippen LogP contribution in [-0.4, -0.2) is 27.5 Å². The third kappa shape index (κ3) is 1.84. The molecule has 0 unspecified atom stereocenters. The highest BCUT2D eigenvalue weighted by Crippen LogP contribution is 2.20. The zero-order chi connectivity index (χ0) is 10.8. The molecule has 0 amide bonds. The van der Waals surface area contributed by atoms with E-state index in [1.807, 2.05) is 16.8 Å². The van der Waals surface area contributed by atoms with Crippen molar-refractivity contribution < 1.29 is 0 Å². The van der Waals surface area contributed by atoms with Gasteiger partial charge in [0.25, 0.3) is 0 Å². The van der Waals surface area contributed by atoms with Crippen molar-refractivity contribution in [2.24, 2.45) is 0 Å². The van der Waals surface area contributed by atoms with Crippen LogP contribution < -0.4 is 4.90 Å². The molecule has 0 fully saturated rings. The number of anilines is 1. The predicted octanol–water partition coefficient (Wildman–Crippen LogP) is 2.34. The fraction of sp³-hybridized carbons (Fsp3) is 0.400. The summed E-state index contributed by atoms with van der Waals surface area (Å²) >= 11 is 3.41. The first kappa shape index (κ1) is 10.4. The fourth-order valence-corrected chi connectivity index (χ4v) is 2.01. The van der Waals surface area contributed by atoms with E-state index in [2.05, 4.69) is 44.6 Å². The Morgan fingerprint density at radius 3 is 2.80 bits per heavy atom. The number of fused-ring (bicyclic) bond motifs is 1. The molecule has 5 heteroatoms. The van der Waals surface area contributed by atoms with Crippen LogP contribution in [0.1, 0.15) is 13.8 Å². The minimum atomic E-state index is 0.829. The molecule has 0 aliphatic heterocycles. The number of rotatable bonds is 3. The molecule has 0 aliphatic carbocycles. The molecule has 0 aliphatic rings. The zero-order valence-electron chi connectivity index (χ0n) is 8.81. The Bertz CT molecular complexity index is 461. The fourth-order valence-electron chi connectivity index (χ4n) is 1.62. The molecule has 0 aromatic carbocycles. The van der Waals surface area contributed by atoms with E-state index in [1.54, 1.807) is 6.20 Å². The van der Waals surface area contributed by atoms with E-state index in [4.69, 9.17) is 0 Å². The lowest BCUT2D eigenvalue weighted by atomic mass is 10.4. The standard InChI is InChI=1S/C10H13BrN4/c1-3-14(4-2)10-9-12-5-6-15(9)7-8(11)13-10/h5-7H,3-4H2,1-2H3. The molecule has 0 N–H and O–H groups in total. The lowest BCUT2D eigenvalue weighted by Crippen LogP contribution is -2.23. The number of nitrogens with zero attached hydrogens (tertiary/aromatic N) is 4. The monoisotopic (exact) mass is 268 g/mol. The van der Waals surface area contributed by atoms with Crippen LogP contribution in [0, 0.1) is 0 Å². The number of halogens is 1. The molecule has 0 bridgehead atoms. The van der Waals surface area contributed by atoms with E-state index in [0.29, 0.717) is 0 Å². The lowest BCUT2D eigenvalue weighted by Gasteiger charge is -2.20. The highest BCUT2D eigenvalue weighted by atomic mass is 79.9. The second-order valence-electron chi connectivity index (χ2n) is 3.22. The number of hydrogen-bond donors (Lipinski definition) is 0. The van der Waals surface area contributed by atoms with Gasteiger partial charge in [0.2, 0.25) is 0 Å². The zero-order valence-corrected chi connectivity index (χ0v) is 10.4. The normalized spacial score (nSPS) is 10.9. The SMILES string of the molecule is CCN(CC)c1nc(Br)cn2ccnc12. The molecule has 0 spiro atoms. The van der Waals surface area contributed by atoms with Crippen LogP contribution in [-0.2, 0) is 0 Å². The van der Waals surface area contributed by atoms with Gasteiger partial charge in [0.05, 0.1) is 0 Å². The third-order valence-corrected chi connectivity index (χ3v) is 2.77. The van der Waals surface area contributed by atoms with Gasteiger partial charge in [-0.1, -0.05) is 0 Å². The van der Waals surface area contributed by atoms with Gasteiger partial charge in [-0.3, -0.25) is 0 Å². The van der Waals surface area contributed by atoms with E-state index in [1.165, 1.54) is 0 Å². The van der Waals surface area contributed by atoms with Gasteiger partial charge in [0.1, 0.15) is 4.60 Å². The van der Waals surface area contributed by atoms with Crippen LogP contribution in [0.15, 0.2) is 23.2 Å². The summed E-state index contributed by atoms with van der Waals surface area (Å²) in [6, 6.07) is 0. The molecule has 80 valence electrons. The molecule has 2 heterocycles. The summed E-state index contributed by atoms with van der Waals surface area (Å²) in [5.74, 6) is 0.930. The maximum absolute atomic E-state index is 4.47. The Morgan fingerprint density at radius 2 is 2.13 bits per heavy atom. The van der Waals surface area contributed by atoms with Crippen molar-refractivity contribution in [1.29, 1.82) is 0 Å². The molecular weight excluding hydrogens is 256 g/mol. The largest absolute Gasteiger partial charge is 0.354 e. The Hall–Kier alpha value is -1.10. The van der Waals surface area contributed by atoms with Crippen LogP contribution in [0.5, 0.6) is 0 Å². The predicted molar refractivity (Wildman–Crippen MR) is 64.2 cm³/mol. The molecule has 4 nitrogen and oxygen atoms in total. The van der Waals surface area contributed by atoms with Crippen LogP contribution in [0.2, 0.25) is 0 Å². The molecule has 0 atom stereocenters. The van der Waals surface area contributed by atoms with Gasteiger partial charge in [-0.15, -0.1) is 0 Å². The highest BCUT2D eigenvalue weighted by molar-refractivity contribution is 9.10. The quantitative estimate of drug-likeness (QED) is 0.857. The average Bonchev–Trinajstić information content (AvgIpc) is 2.67. The summed E-state index contributed by atoms with van der Waals surface area (Å²) in [6.45, 7) is 6.10. The van der Waals surface area contributed by atoms with Crippen molar-refractivity contribution >= 4 is 27.4 Å². The first-order valence-electron chi connectivity index (χ1n) is 5.00. The highest BCUT2D eigenvalue weighted by Gasteiger charge is 2.11. The summed E-state index contributed by atoms with van der Waals surface area (Å²) in [4.78, 5) is 11.0. The van der Waals surface area contributed by atoms with Crippen molar-refractivity contribution in [2.45, 2.75) is 13.8 Å². The van der Waals surface area contributed by atoms with Crippen molar-refractivity contribution in [2.75, 3.05) is 18.0 Å². The van der Waals surface area contributed by atoms with Gasteiger partial charge in [0.15, 0.2) is 11.5 Å². The molecule has 15 heavy (non-hydrogen) atoms.